The Morgan fingerprint density at radius 3 is 2.88 bits per heavy atom. The normalized spacial score (nSPS) is 16.1. The number of anilines is 2. The van der Waals surface area contributed by atoms with Gasteiger partial charge in [-0.1, -0.05) is 11.6 Å². The summed E-state index contributed by atoms with van der Waals surface area (Å²) in [4.78, 5) is 19.5. The molecular formula is C21H20ClFN4O5. The second kappa shape index (κ2) is 10.0. The molecule has 0 spiro atoms. The summed E-state index contributed by atoms with van der Waals surface area (Å²) in [7, 11) is 0. The highest BCUT2D eigenvalue weighted by molar-refractivity contribution is 6.31. The summed E-state index contributed by atoms with van der Waals surface area (Å²) >= 11 is 5.82. The maximum atomic E-state index is 13.4. The Kier molecular flexibility index (Phi) is 6.93. The Hall–Kier alpha value is -3.08. The maximum Gasteiger partial charge on any atom is 0.311 e. The lowest BCUT2D eigenvalue weighted by Gasteiger charge is -2.22. The van der Waals surface area contributed by atoms with Gasteiger partial charge in [-0.2, -0.15) is 0 Å². The van der Waals surface area contributed by atoms with E-state index in [2.05, 4.69) is 15.3 Å². The molecule has 1 aliphatic rings. The number of halogens is 2. The predicted octanol–water partition coefficient (Wildman–Crippen LogP) is 5.00. The van der Waals surface area contributed by atoms with Gasteiger partial charge in [0.1, 0.15) is 24.6 Å². The monoisotopic (exact) mass is 462 g/mol. The van der Waals surface area contributed by atoms with Crippen LogP contribution in [-0.2, 0) is 9.47 Å². The fourth-order valence-corrected chi connectivity index (χ4v) is 3.50. The van der Waals surface area contributed by atoms with Crippen molar-refractivity contribution in [3.8, 4) is 5.75 Å². The highest BCUT2D eigenvalue weighted by atomic mass is 35.5. The molecule has 1 N–H and O–H groups in total. The number of nitro benzene ring substituents is 1. The van der Waals surface area contributed by atoms with Crippen LogP contribution in [0.3, 0.4) is 0 Å². The predicted molar refractivity (Wildman–Crippen MR) is 116 cm³/mol. The third-order valence-corrected chi connectivity index (χ3v) is 5.17. The Morgan fingerprint density at radius 2 is 2.12 bits per heavy atom. The number of nitrogens with zero attached hydrogens (tertiary/aromatic N) is 3. The van der Waals surface area contributed by atoms with Gasteiger partial charge in [-0.05, 0) is 37.5 Å². The third kappa shape index (κ3) is 5.21. The van der Waals surface area contributed by atoms with Crippen molar-refractivity contribution < 1.29 is 23.5 Å². The van der Waals surface area contributed by atoms with Gasteiger partial charge in [0.15, 0.2) is 12.0 Å². The molecule has 11 heteroatoms. The molecule has 1 fully saturated rings. The molecule has 1 aliphatic heterocycles. The number of fused-ring (bicyclic) bond motifs is 1. The second-order valence-corrected chi connectivity index (χ2v) is 7.49. The van der Waals surface area contributed by atoms with Crippen molar-refractivity contribution in [1.29, 1.82) is 0 Å². The van der Waals surface area contributed by atoms with Gasteiger partial charge in [0.2, 0.25) is 0 Å². The van der Waals surface area contributed by atoms with E-state index in [-0.39, 0.29) is 36.0 Å². The minimum atomic E-state index is -0.554. The van der Waals surface area contributed by atoms with Crippen molar-refractivity contribution in [3.05, 3.63) is 57.6 Å². The van der Waals surface area contributed by atoms with Gasteiger partial charge in [-0.15, -0.1) is 0 Å². The Balaban J connectivity index is 1.53. The molecular weight excluding hydrogens is 443 g/mol. The molecule has 1 atom stereocenters. The zero-order valence-corrected chi connectivity index (χ0v) is 17.7. The van der Waals surface area contributed by atoms with E-state index in [1.54, 1.807) is 0 Å². The summed E-state index contributed by atoms with van der Waals surface area (Å²) in [5.74, 6) is -0.170. The topological polar surface area (TPSA) is 109 Å². The van der Waals surface area contributed by atoms with Crippen LogP contribution >= 0.6 is 11.6 Å². The molecule has 168 valence electrons. The standard InChI is InChI=1S/C21H20ClFN4O5/c22-15-9-13(4-5-16(15)23)26-21-14-10-18(27(28)29)19(11-17(14)24-12-25-21)30-7-8-32-20-3-1-2-6-31-20/h4-5,9-12,20H,1-3,6-8H2,(H,24,25,26). The number of hydrogen-bond donors (Lipinski definition) is 1. The zero-order chi connectivity index (χ0) is 22.5. The number of benzene rings is 2. The molecule has 0 aliphatic carbocycles. The zero-order valence-electron chi connectivity index (χ0n) is 16.9. The van der Waals surface area contributed by atoms with E-state index in [1.165, 1.54) is 36.7 Å². The summed E-state index contributed by atoms with van der Waals surface area (Å²) in [5, 5.41) is 15.0. The molecule has 2 aromatic carbocycles. The molecule has 1 unspecified atom stereocenters. The first-order chi connectivity index (χ1) is 15.5. The number of nitro groups is 1. The molecule has 1 aromatic heterocycles. The van der Waals surface area contributed by atoms with Gasteiger partial charge in [-0.3, -0.25) is 10.1 Å². The van der Waals surface area contributed by atoms with Gasteiger partial charge < -0.3 is 19.5 Å². The first kappa shape index (κ1) is 22.1. The molecule has 0 amide bonds. The van der Waals surface area contributed by atoms with Crippen molar-refractivity contribution in [2.24, 2.45) is 0 Å². The second-order valence-electron chi connectivity index (χ2n) is 7.09. The molecule has 32 heavy (non-hydrogen) atoms. The molecule has 1 saturated heterocycles. The van der Waals surface area contributed by atoms with Crippen LogP contribution in [0.2, 0.25) is 5.02 Å². The van der Waals surface area contributed by atoms with Gasteiger partial charge in [-0.25, -0.2) is 14.4 Å². The Bertz CT molecular complexity index is 1130. The van der Waals surface area contributed by atoms with Crippen molar-refractivity contribution in [2.45, 2.75) is 25.6 Å². The van der Waals surface area contributed by atoms with Crippen LogP contribution in [0.4, 0.5) is 21.6 Å². The number of rotatable bonds is 8. The van der Waals surface area contributed by atoms with E-state index in [4.69, 9.17) is 25.8 Å². The van der Waals surface area contributed by atoms with E-state index in [1.807, 2.05) is 0 Å². The largest absolute Gasteiger partial charge is 0.484 e. The highest BCUT2D eigenvalue weighted by Crippen LogP contribution is 2.35. The maximum absolute atomic E-state index is 13.4. The summed E-state index contributed by atoms with van der Waals surface area (Å²) in [6.07, 6.45) is 3.94. The highest BCUT2D eigenvalue weighted by Gasteiger charge is 2.20. The third-order valence-electron chi connectivity index (χ3n) is 4.88. The fraction of sp³-hybridized carbons (Fsp3) is 0.333. The molecule has 0 radical (unpaired) electrons. The Labute approximate surface area is 187 Å². The van der Waals surface area contributed by atoms with Crippen LogP contribution in [0.25, 0.3) is 10.9 Å². The smallest absolute Gasteiger partial charge is 0.311 e. The lowest BCUT2D eigenvalue weighted by molar-refractivity contribution is -0.385. The number of ether oxygens (including phenoxy) is 3. The SMILES string of the molecule is O=[N+]([O-])c1cc2c(Nc3ccc(F)c(Cl)c3)ncnc2cc1OCCOC1CCCCO1. The van der Waals surface area contributed by atoms with E-state index in [9.17, 15) is 14.5 Å². The number of hydrogen-bond acceptors (Lipinski definition) is 8. The lowest BCUT2D eigenvalue weighted by atomic mass is 10.2. The van der Waals surface area contributed by atoms with Crippen LogP contribution < -0.4 is 10.1 Å². The van der Waals surface area contributed by atoms with Crippen LogP contribution in [-0.4, -0.2) is 41.0 Å². The van der Waals surface area contributed by atoms with E-state index < -0.39 is 10.7 Å². The lowest BCUT2D eigenvalue weighted by Crippen LogP contribution is -2.24. The van der Waals surface area contributed by atoms with Gasteiger partial charge in [0, 0.05) is 24.4 Å². The molecule has 2 heterocycles. The average molecular weight is 463 g/mol. The minimum Gasteiger partial charge on any atom is -0.484 e. The first-order valence-electron chi connectivity index (χ1n) is 10.0. The fourth-order valence-electron chi connectivity index (χ4n) is 3.31. The van der Waals surface area contributed by atoms with Crippen LogP contribution in [0, 0.1) is 15.9 Å². The summed E-state index contributed by atoms with van der Waals surface area (Å²) in [5.41, 5.74) is 0.677. The van der Waals surface area contributed by atoms with E-state index in [0.29, 0.717) is 29.0 Å². The minimum absolute atomic E-state index is 0.0594. The molecule has 0 saturated carbocycles. The summed E-state index contributed by atoms with van der Waals surface area (Å²) in [6.45, 7) is 1.03. The van der Waals surface area contributed by atoms with Crippen molar-refractivity contribution in [2.75, 3.05) is 25.1 Å². The molecule has 0 bridgehead atoms. The number of aromatic nitrogens is 2. The average Bonchev–Trinajstić information content (AvgIpc) is 2.79. The summed E-state index contributed by atoms with van der Waals surface area (Å²) < 4.78 is 30.1. The molecule has 3 aromatic rings. The van der Waals surface area contributed by atoms with Crippen molar-refractivity contribution >= 4 is 39.7 Å². The van der Waals surface area contributed by atoms with E-state index in [0.717, 1.165) is 19.3 Å². The van der Waals surface area contributed by atoms with Crippen molar-refractivity contribution in [1.82, 2.24) is 9.97 Å². The van der Waals surface area contributed by atoms with E-state index >= 15 is 0 Å². The molecule has 9 nitrogen and oxygen atoms in total. The van der Waals surface area contributed by atoms with Crippen LogP contribution in [0.1, 0.15) is 19.3 Å². The first-order valence-corrected chi connectivity index (χ1v) is 10.4. The van der Waals surface area contributed by atoms with Gasteiger partial charge >= 0.3 is 5.69 Å². The Morgan fingerprint density at radius 1 is 1.25 bits per heavy atom. The van der Waals surface area contributed by atoms with Gasteiger partial charge in [0.05, 0.1) is 27.5 Å². The summed E-state index contributed by atoms with van der Waals surface area (Å²) in [6, 6.07) is 6.91. The van der Waals surface area contributed by atoms with Gasteiger partial charge in [0.25, 0.3) is 0 Å². The van der Waals surface area contributed by atoms with Crippen LogP contribution in [0.15, 0.2) is 36.7 Å². The number of nitrogens with one attached hydrogen (secondary N) is 1. The van der Waals surface area contributed by atoms with Crippen molar-refractivity contribution in [3.63, 3.8) is 0 Å². The van der Waals surface area contributed by atoms with Crippen LogP contribution in [0.5, 0.6) is 5.75 Å². The molecule has 4 rings (SSSR count). The quantitative estimate of drug-likeness (QED) is 0.283.